The molecule has 11 heavy (non-hydrogen) atoms. The van der Waals surface area contributed by atoms with Gasteiger partial charge in [0.15, 0.2) is 6.23 Å². The topological polar surface area (TPSA) is 49.8 Å². The van der Waals surface area contributed by atoms with E-state index >= 15 is 0 Å². The molecule has 0 bridgehead atoms. The van der Waals surface area contributed by atoms with Gasteiger partial charge in [0, 0.05) is 12.9 Å². The molecule has 0 aromatic heterocycles. The molecule has 0 saturated carbocycles. The van der Waals surface area contributed by atoms with E-state index in [0.29, 0.717) is 10.1 Å². The normalized spacial score (nSPS) is 24.3. The highest BCUT2D eigenvalue weighted by atomic mass is 32.2. The van der Waals surface area contributed by atoms with Crippen LogP contribution in [-0.4, -0.2) is 39.5 Å². The van der Waals surface area contributed by atoms with E-state index in [1.165, 1.54) is 18.9 Å². The summed E-state index contributed by atoms with van der Waals surface area (Å²) in [6.45, 7) is 0. The summed E-state index contributed by atoms with van der Waals surface area (Å²) in [6, 6.07) is 0. The Morgan fingerprint density at radius 1 is 2.00 bits per heavy atom. The molecular formula is C5H7NO3S2. The molecule has 0 aromatic rings. The van der Waals surface area contributed by atoms with E-state index < -0.39 is 12.3 Å². The number of carbonyl (C=O) groups is 1. The second kappa shape index (κ2) is 3.38. The summed E-state index contributed by atoms with van der Waals surface area (Å²) >= 11 is 6.11. The summed E-state index contributed by atoms with van der Waals surface area (Å²) in [5.41, 5.74) is 0. The lowest BCUT2D eigenvalue weighted by molar-refractivity contribution is 0.0358. The highest BCUT2D eigenvalue weighted by Crippen LogP contribution is 2.24. The van der Waals surface area contributed by atoms with Crippen LogP contribution in [0.3, 0.4) is 0 Å². The number of ether oxygens (including phenoxy) is 1. The van der Waals surface area contributed by atoms with E-state index in [-0.39, 0.29) is 0 Å². The average molecular weight is 193 g/mol. The van der Waals surface area contributed by atoms with Crippen molar-refractivity contribution in [2.75, 3.05) is 12.9 Å². The maximum Gasteiger partial charge on any atom is 0.415 e. The maximum absolute atomic E-state index is 10.5. The Bertz CT molecular complexity index is 196. The number of carboxylic acid groups (broad SMARTS) is 1. The number of rotatable bonds is 1. The predicted octanol–water partition coefficient (Wildman–Crippen LogP) is 0.971. The zero-order valence-corrected chi connectivity index (χ0v) is 7.44. The van der Waals surface area contributed by atoms with Crippen molar-refractivity contribution >= 4 is 34.4 Å². The zero-order chi connectivity index (χ0) is 8.43. The lowest BCUT2D eigenvalue weighted by Crippen LogP contribution is -2.38. The monoisotopic (exact) mass is 193 g/mol. The van der Waals surface area contributed by atoms with E-state index in [2.05, 4.69) is 0 Å². The summed E-state index contributed by atoms with van der Waals surface area (Å²) in [4.78, 5) is 11.6. The van der Waals surface area contributed by atoms with Crippen LogP contribution in [0.2, 0.25) is 0 Å². The molecular weight excluding hydrogens is 186 g/mol. The third-order valence-corrected chi connectivity index (χ3v) is 2.76. The average Bonchev–Trinajstić information content (AvgIpc) is 2.30. The van der Waals surface area contributed by atoms with Crippen molar-refractivity contribution in [1.29, 1.82) is 0 Å². The molecule has 1 atom stereocenters. The van der Waals surface area contributed by atoms with Crippen molar-refractivity contribution in [2.24, 2.45) is 0 Å². The minimum atomic E-state index is -1.05. The number of thioether (sulfide) groups is 1. The minimum Gasteiger partial charge on any atom is -0.465 e. The second-order valence-electron chi connectivity index (χ2n) is 1.92. The van der Waals surface area contributed by atoms with Gasteiger partial charge in [0.25, 0.3) is 0 Å². The van der Waals surface area contributed by atoms with E-state index in [0.717, 1.165) is 4.90 Å². The van der Waals surface area contributed by atoms with Gasteiger partial charge in [0.05, 0.1) is 0 Å². The van der Waals surface area contributed by atoms with Crippen molar-refractivity contribution < 1.29 is 14.6 Å². The van der Waals surface area contributed by atoms with Gasteiger partial charge in [-0.15, -0.1) is 0 Å². The quantitative estimate of drug-likeness (QED) is 0.629. The van der Waals surface area contributed by atoms with Crippen molar-refractivity contribution in [3.05, 3.63) is 0 Å². The Labute approximate surface area is 73.5 Å². The molecule has 1 saturated heterocycles. The lowest BCUT2D eigenvalue weighted by atomic mass is 10.6. The van der Waals surface area contributed by atoms with Crippen LogP contribution in [0.5, 0.6) is 0 Å². The van der Waals surface area contributed by atoms with Crippen molar-refractivity contribution in [1.82, 2.24) is 4.90 Å². The van der Waals surface area contributed by atoms with E-state index in [1.54, 1.807) is 0 Å². The number of nitrogens with zero attached hydrogens (tertiary/aromatic N) is 1. The van der Waals surface area contributed by atoms with Crippen molar-refractivity contribution in [3.8, 4) is 0 Å². The van der Waals surface area contributed by atoms with Crippen LogP contribution < -0.4 is 0 Å². The molecule has 0 radical (unpaired) electrons. The summed E-state index contributed by atoms with van der Waals surface area (Å²) in [7, 11) is 1.47. The van der Waals surface area contributed by atoms with Crippen LogP contribution in [0.25, 0.3) is 0 Å². The third kappa shape index (κ3) is 1.63. The van der Waals surface area contributed by atoms with Crippen LogP contribution in [0, 0.1) is 0 Å². The van der Waals surface area contributed by atoms with Crippen LogP contribution in [-0.2, 0) is 4.74 Å². The molecule has 62 valence electrons. The Morgan fingerprint density at radius 3 is 3.00 bits per heavy atom. The Kier molecular flexibility index (Phi) is 2.69. The second-order valence-corrected chi connectivity index (χ2v) is 3.57. The number of hydrogen-bond donors (Lipinski definition) is 1. The number of amides is 1. The molecule has 1 aliphatic heterocycles. The van der Waals surface area contributed by atoms with Gasteiger partial charge in [0.2, 0.25) is 0 Å². The first-order valence-corrected chi connectivity index (χ1v) is 4.28. The van der Waals surface area contributed by atoms with Gasteiger partial charge in [-0.05, 0) is 0 Å². The summed E-state index contributed by atoms with van der Waals surface area (Å²) in [5.74, 6) is 0.585. The summed E-state index contributed by atoms with van der Waals surface area (Å²) in [6.07, 6.45) is -1.46. The molecule has 0 unspecified atom stereocenters. The van der Waals surface area contributed by atoms with Gasteiger partial charge in [-0.1, -0.05) is 24.0 Å². The Hall–Kier alpha value is -0.330. The molecule has 1 fully saturated rings. The van der Waals surface area contributed by atoms with E-state index in [1.807, 2.05) is 0 Å². The molecule has 1 aliphatic rings. The fourth-order valence-electron chi connectivity index (χ4n) is 0.779. The number of hydrogen-bond acceptors (Lipinski definition) is 4. The SMILES string of the molecule is CO[C@@H]1CSC(=S)N1C(=O)O. The Balaban J connectivity index is 2.71. The smallest absolute Gasteiger partial charge is 0.415 e. The van der Waals surface area contributed by atoms with Crippen LogP contribution >= 0.6 is 24.0 Å². The molecule has 1 heterocycles. The van der Waals surface area contributed by atoms with Crippen LogP contribution in [0.4, 0.5) is 4.79 Å². The number of thiocarbonyl (C=S) groups is 1. The standard InChI is InChI=1S/C5H7NO3S2/c1-9-3-2-11-5(10)6(3)4(7)8/h3H,2H2,1H3,(H,7,8)/t3-/m1/s1. The first-order chi connectivity index (χ1) is 5.16. The highest BCUT2D eigenvalue weighted by molar-refractivity contribution is 8.23. The lowest BCUT2D eigenvalue weighted by Gasteiger charge is -2.17. The van der Waals surface area contributed by atoms with E-state index in [4.69, 9.17) is 22.1 Å². The van der Waals surface area contributed by atoms with E-state index in [9.17, 15) is 4.79 Å². The first kappa shape index (κ1) is 8.76. The maximum atomic E-state index is 10.5. The van der Waals surface area contributed by atoms with Gasteiger partial charge in [0.1, 0.15) is 4.32 Å². The minimum absolute atomic E-state index is 0.365. The van der Waals surface area contributed by atoms with Crippen molar-refractivity contribution in [3.63, 3.8) is 0 Å². The number of methoxy groups -OCH3 is 1. The van der Waals surface area contributed by atoms with Crippen molar-refractivity contribution in [2.45, 2.75) is 6.23 Å². The highest BCUT2D eigenvalue weighted by Gasteiger charge is 2.33. The van der Waals surface area contributed by atoms with Gasteiger partial charge in [-0.3, -0.25) is 0 Å². The fraction of sp³-hybridized carbons (Fsp3) is 0.600. The van der Waals surface area contributed by atoms with Gasteiger partial charge in [-0.2, -0.15) is 0 Å². The summed E-state index contributed by atoms with van der Waals surface area (Å²) < 4.78 is 5.26. The Morgan fingerprint density at radius 2 is 2.64 bits per heavy atom. The molecule has 0 aromatic carbocycles. The van der Waals surface area contributed by atoms with Gasteiger partial charge < -0.3 is 9.84 Å². The zero-order valence-electron chi connectivity index (χ0n) is 5.81. The molecule has 1 rings (SSSR count). The summed E-state index contributed by atoms with van der Waals surface area (Å²) in [5, 5.41) is 8.63. The first-order valence-electron chi connectivity index (χ1n) is 2.88. The molecule has 4 nitrogen and oxygen atoms in total. The molecule has 1 N–H and O–H groups in total. The van der Waals surface area contributed by atoms with Gasteiger partial charge >= 0.3 is 6.09 Å². The van der Waals surface area contributed by atoms with Crippen LogP contribution in [0.15, 0.2) is 0 Å². The molecule has 6 heteroatoms. The predicted molar refractivity (Wildman–Crippen MR) is 45.7 cm³/mol. The van der Waals surface area contributed by atoms with Gasteiger partial charge in [-0.25, -0.2) is 9.69 Å². The fourth-order valence-corrected chi connectivity index (χ4v) is 2.08. The molecule has 0 aliphatic carbocycles. The molecule has 0 spiro atoms. The molecule has 1 amide bonds. The third-order valence-electron chi connectivity index (χ3n) is 1.31. The van der Waals surface area contributed by atoms with Crippen LogP contribution in [0.1, 0.15) is 0 Å². The largest absolute Gasteiger partial charge is 0.465 e.